The summed E-state index contributed by atoms with van der Waals surface area (Å²) in [6, 6.07) is 11.3. The summed E-state index contributed by atoms with van der Waals surface area (Å²) in [7, 11) is 0. The van der Waals surface area contributed by atoms with Crippen molar-refractivity contribution in [2.75, 3.05) is 31.1 Å². The molecule has 0 saturated carbocycles. The van der Waals surface area contributed by atoms with Gasteiger partial charge in [-0.3, -0.25) is 14.9 Å². The van der Waals surface area contributed by atoms with E-state index in [1.807, 2.05) is 17.0 Å². The van der Waals surface area contributed by atoms with E-state index in [1.165, 1.54) is 22.7 Å². The average Bonchev–Trinajstić information content (AvgIpc) is 3.12. The predicted molar refractivity (Wildman–Crippen MR) is 99.5 cm³/mol. The van der Waals surface area contributed by atoms with Gasteiger partial charge in [-0.05, 0) is 24.1 Å². The van der Waals surface area contributed by atoms with Gasteiger partial charge in [0.25, 0.3) is 5.69 Å². The van der Waals surface area contributed by atoms with Gasteiger partial charge in [0.2, 0.25) is 5.91 Å². The Morgan fingerprint density at radius 3 is 2.58 bits per heavy atom. The molecule has 1 saturated heterocycles. The maximum absolute atomic E-state index is 12.8. The zero-order valence-corrected chi connectivity index (χ0v) is 14.9. The molecule has 8 heteroatoms. The number of piperazine rings is 1. The van der Waals surface area contributed by atoms with Crippen molar-refractivity contribution in [2.45, 2.75) is 16.6 Å². The Bertz CT molecular complexity index is 810. The Hall–Kier alpha value is -2.61. The minimum absolute atomic E-state index is 0.0135. The SMILES string of the molecule is O=C(C1Cc2ccccc2S1)N1CCN(c2ccc([N+](=O)[O-])cn2)CC1. The predicted octanol–water partition coefficient (Wildman–Crippen LogP) is 2.36. The van der Waals surface area contributed by atoms with Crippen LogP contribution in [0.4, 0.5) is 11.5 Å². The molecule has 7 nitrogen and oxygen atoms in total. The van der Waals surface area contributed by atoms with Crippen molar-refractivity contribution in [2.24, 2.45) is 0 Å². The molecule has 1 amide bonds. The second-order valence-electron chi connectivity index (χ2n) is 6.36. The first-order valence-corrected chi connectivity index (χ1v) is 9.38. The number of nitrogens with zero attached hydrogens (tertiary/aromatic N) is 4. The second-order valence-corrected chi connectivity index (χ2v) is 7.61. The number of amides is 1. The monoisotopic (exact) mass is 370 g/mol. The van der Waals surface area contributed by atoms with Gasteiger partial charge in [0.15, 0.2) is 0 Å². The molecule has 0 aliphatic carbocycles. The van der Waals surface area contributed by atoms with Crippen LogP contribution in [0.1, 0.15) is 5.56 Å². The van der Waals surface area contributed by atoms with Gasteiger partial charge in [-0.1, -0.05) is 18.2 Å². The number of rotatable bonds is 3. The van der Waals surface area contributed by atoms with E-state index in [0.717, 1.165) is 6.42 Å². The highest BCUT2D eigenvalue weighted by atomic mass is 32.2. The van der Waals surface area contributed by atoms with Crippen LogP contribution < -0.4 is 4.90 Å². The van der Waals surface area contributed by atoms with E-state index in [-0.39, 0.29) is 16.8 Å². The fourth-order valence-corrected chi connectivity index (χ4v) is 4.63. The number of aromatic nitrogens is 1. The lowest BCUT2D eigenvalue weighted by Crippen LogP contribution is -2.51. The topological polar surface area (TPSA) is 79.6 Å². The molecular weight excluding hydrogens is 352 g/mol. The Kier molecular flexibility index (Phi) is 4.50. The number of nitro groups is 1. The summed E-state index contributed by atoms with van der Waals surface area (Å²) in [4.78, 5) is 32.5. The number of anilines is 1. The number of thioether (sulfide) groups is 1. The van der Waals surface area contributed by atoms with Crippen LogP contribution in [0.3, 0.4) is 0 Å². The average molecular weight is 370 g/mol. The van der Waals surface area contributed by atoms with Gasteiger partial charge in [0.1, 0.15) is 12.0 Å². The Balaban J connectivity index is 1.35. The number of carbonyl (C=O) groups excluding carboxylic acids is 1. The van der Waals surface area contributed by atoms with Gasteiger partial charge in [-0.25, -0.2) is 4.98 Å². The maximum atomic E-state index is 12.8. The first-order valence-electron chi connectivity index (χ1n) is 8.50. The summed E-state index contributed by atoms with van der Waals surface area (Å²) >= 11 is 1.66. The molecule has 0 bridgehead atoms. The van der Waals surface area contributed by atoms with E-state index in [1.54, 1.807) is 17.8 Å². The van der Waals surface area contributed by atoms with Crippen LogP contribution in [0.5, 0.6) is 0 Å². The normalized spacial score (nSPS) is 19.3. The van der Waals surface area contributed by atoms with E-state index >= 15 is 0 Å². The molecule has 2 aliphatic rings. The highest BCUT2D eigenvalue weighted by Crippen LogP contribution is 2.37. The lowest BCUT2D eigenvalue weighted by Gasteiger charge is -2.36. The lowest BCUT2D eigenvalue weighted by molar-refractivity contribution is -0.385. The number of fused-ring (bicyclic) bond motifs is 1. The first-order chi connectivity index (χ1) is 12.6. The largest absolute Gasteiger partial charge is 0.353 e. The number of carbonyl (C=O) groups is 1. The summed E-state index contributed by atoms with van der Waals surface area (Å²) in [5.41, 5.74) is 1.24. The van der Waals surface area contributed by atoms with Crippen molar-refractivity contribution in [3.8, 4) is 0 Å². The summed E-state index contributed by atoms with van der Waals surface area (Å²) in [6.07, 6.45) is 2.07. The third-order valence-electron chi connectivity index (χ3n) is 4.78. The Morgan fingerprint density at radius 2 is 1.92 bits per heavy atom. The number of hydrogen-bond acceptors (Lipinski definition) is 6. The fourth-order valence-electron chi connectivity index (χ4n) is 3.35. The zero-order valence-electron chi connectivity index (χ0n) is 14.1. The van der Waals surface area contributed by atoms with Crippen LogP contribution in [0, 0.1) is 10.1 Å². The molecule has 1 aromatic heterocycles. The third kappa shape index (κ3) is 3.24. The summed E-state index contributed by atoms with van der Waals surface area (Å²) < 4.78 is 0. The minimum atomic E-state index is -0.454. The number of hydrogen-bond donors (Lipinski definition) is 0. The van der Waals surface area contributed by atoms with Crippen LogP contribution >= 0.6 is 11.8 Å². The Morgan fingerprint density at radius 1 is 1.15 bits per heavy atom. The van der Waals surface area contributed by atoms with E-state index in [2.05, 4.69) is 22.0 Å². The molecule has 4 rings (SSSR count). The highest BCUT2D eigenvalue weighted by molar-refractivity contribution is 8.01. The lowest BCUT2D eigenvalue weighted by atomic mass is 10.1. The van der Waals surface area contributed by atoms with E-state index < -0.39 is 4.92 Å². The van der Waals surface area contributed by atoms with Gasteiger partial charge < -0.3 is 9.80 Å². The van der Waals surface area contributed by atoms with E-state index in [9.17, 15) is 14.9 Å². The van der Waals surface area contributed by atoms with E-state index in [0.29, 0.717) is 32.0 Å². The van der Waals surface area contributed by atoms with Gasteiger partial charge in [0, 0.05) is 37.1 Å². The van der Waals surface area contributed by atoms with Crippen molar-refractivity contribution >= 4 is 29.2 Å². The molecule has 1 atom stereocenters. The number of pyridine rings is 1. The van der Waals surface area contributed by atoms with Crippen LogP contribution in [-0.4, -0.2) is 52.1 Å². The minimum Gasteiger partial charge on any atom is -0.353 e. The molecule has 0 N–H and O–H groups in total. The molecule has 1 fully saturated rings. The van der Waals surface area contributed by atoms with Crippen molar-refractivity contribution in [1.29, 1.82) is 0 Å². The molecular formula is C18H18N4O3S. The highest BCUT2D eigenvalue weighted by Gasteiger charge is 2.32. The van der Waals surface area contributed by atoms with Crippen molar-refractivity contribution < 1.29 is 9.72 Å². The molecule has 2 aromatic rings. The third-order valence-corrected chi connectivity index (χ3v) is 6.09. The molecule has 2 aliphatic heterocycles. The molecule has 1 aromatic carbocycles. The summed E-state index contributed by atoms with van der Waals surface area (Å²) in [5.74, 6) is 0.910. The molecule has 26 heavy (non-hydrogen) atoms. The molecule has 1 unspecified atom stereocenters. The molecule has 0 radical (unpaired) electrons. The van der Waals surface area contributed by atoms with Crippen LogP contribution in [0.2, 0.25) is 0 Å². The molecule has 0 spiro atoms. The van der Waals surface area contributed by atoms with Gasteiger partial charge in [-0.15, -0.1) is 11.8 Å². The zero-order chi connectivity index (χ0) is 18.1. The van der Waals surface area contributed by atoms with E-state index in [4.69, 9.17) is 0 Å². The fraction of sp³-hybridized carbons (Fsp3) is 0.333. The van der Waals surface area contributed by atoms with Crippen LogP contribution in [0.25, 0.3) is 0 Å². The second kappa shape index (κ2) is 6.95. The van der Waals surface area contributed by atoms with Gasteiger partial charge >= 0.3 is 0 Å². The van der Waals surface area contributed by atoms with Crippen molar-refractivity contribution in [3.63, 3.8) is 0 Å². The first kappa shape index (κ1) is 16.8. The molecule has 134 valence electrons. The van der Waals surface area contributed by atoms with Crippen LogP contribution in [-0.2, 0) is 11.2 Å². The molecule has 3 heterocycles. The standard InChI is InChI=1S/C18H18N4O3S/c23-18(16-11-13-3-1-2-4-15(13)26-16)21-9-7-20(8-10-21)17-6-5-14(12-19-17)22(24)25/h1-6,12,16H,7-11H2. The Labute approximate surface area is 155 Å². The van der Waals surface area contributed by atoms with Crippen molar-refractivity contribution in [1.82, 2.24) is 9.88 Å². The summed E-state index contributed by atoms with van der Waals surface area (Å²) in [6.45, 7) is 2.65. The maximum Gasteiger partial charge on any atom is 0.287 e. The number of benzene rings is 1. The smallest absolute Gasteiger partial charge is 0.287 e. The van der Waals surface area contributed by atoms with Crippen molar-refractivity contribution in [3.05, 3.63) is 58.3 Å². The quantitative estimate of drug-likeness (QED) is 0.610. The van der Waals surface area contributed by atoms with Gasteiger partial charge in [0.05, 0.1) is 10.2 Å². The summed E-state index contributed by atoms with van der Waals surface area (Å²) in [5, 5.41) is 10.7. The van der Waals surface area contributed by atoms with Gasteiger partial charge in [-0.2, -0.15) is 0 Å². The van der Waals surface area contributed by atoms with Crippen LogP contribution in [0.15, 0.2) is 47.5 Å².